The summed E-state index contributed by atoms with van der Waals surface area (Å²) < 4.78 is 10.9. The SMILES string of the molecule is CCC1CCCN(C(CN)c2cc(OC)ccc2OC)C1. The van der Waals surface area contributed by atoms with Gasteiger partial charge in [-0.15, -0.1) is 0 Å². The Morgan fingerprint density at radius 3 is 2.76 bits per heavy atom. The standard InChI is InChI=1S/C17H28N2O2/c1-4-13-6-5-9-19(12-13)16(11-18)15-10-14(20-2)7-8-17(15)21-3/h7-8,10,13,16H,4-6,9,11-12,18H2,1-3H3. The number of hydrogen-bond donors (Lipinski definition) is 1. The van der Waals surface area contributed by atoms with Gasteiger partial charge in [-0.25, -0.2) is 0 Å². The quantitative estimate of drug-likeness (QED) is 0.876. The van der Waals surface area contributed by atoms with Crippen molar-refractivity contribution in [3.63, 3.8) is 0 Å². The lowest BCUT2D eigenvalue weighted by molar-refractivity contribution is 0.122. The Balaban J connectivity index is 2.27. The summed E-state index contributed by atoms with van der Waals surface area (Å²) in [4.78, 5) is 2.51. The predicted molar refractivity (Wildman–Crippen MR) is 85.9 cm³/mol. The summed E-state index contributed by atoms with van der Waals surface area (Å²) in [7, 11) is 3.40. The molecule has 0 spiro atoms. The Labute approximate surface area is 128 Å². The molecule has 1 aromatic carbocycles. The van der Waals surface area contributed by atoms with E-state index in [1.54, 1.807) is 14.2 Å². The van der Waals surface area contributed by atoms with Gasteiger partial charge in [0.2, 0.25) is 0 Å². The minimum absolute atomic E-state index is 0.199. The summed E-state index contributed by atoms with van der Waals surface area (Å²) >= 11 is 0. The minimum Gasteiger partial charge on any atom is -0.497 e. The lowest BCUT2D eigenvalue weighted by Gasteiger charge is -2.38. The predicted octanol–water partition coefficient (Wildman–Crippen LogP) is 2.83. The highest BCUT2D eigenvalue weighted by atomic mass is 16.5. The molecule has 0 aromatic heterocycles. The number of benzene rings is 1. The Bertz CT molecular complexity index is 450. The van der Waals surface area contributed by atoms with Gasteiger partial charge in [-0.1, -0.05) is 13.3 Å². The molecule has 0 amide bonds. The number of methoxy groups -OCH3 is 2. The molecule has 2 unspecified atom stereocenters. The molecule has 0 saturated carbocycles. The molecule has 4 heteroatoms. The van der Waals surface area contributed by atoms with Crippen molar-refractivity contribution < 1.29 is 9.47 Å². The van der Waals surface area contributed by atoms with Crippen LogP contribution in [-0.4, -0.2) is 38.8 Å². The number of nitrogens with zero attached hydrogens (tertiary/aromatic N) is 1. The molecule has 1 aromatic rings. The smallest absolute Gasteiger partial charge is 0.123 e. The average molecular weight is 292 g/mol. The van der Waals surface area contributed by atoms with E-state index in [-0.39, 0.29) is 6.04 Å². The number of nitrogens with two attached hydrogens (primary N) is 1. The fraction of sp³-hybridized carbons (Fsp3) is 0.647. The normalized spacial score (nSPS) is 21.0. The van der Waals surface area contributed by atoms with Gasteiger partial charge < -0.3 is 15.2 Å². The van der Waals surface area contributed by atoms with Crippen LogP contribution in [0.2, 0.25) is 0 Å². The first kappa shape index (κ1) is 16.1. The zero-order valence-electron chi connectivity index (χ0n) is 13.5. The van der Waals surface area contributed by atoms with E-state index in [9.17, 15) is 0 Å². The van der Waals surface area contributed by atoms with Gasteiger partial charge in [0.15, 0.2) is 0 Å². The molecule has 0 bridgehead atoms. The zero-order chi connectivity index (χ0) is 15.2. The van der Waals surface area contributed by atoms with Gasteiger partial charge in [0.05, 0.1) is 20.3 Å². The Hall–Kier alpha value is -1.26. The molecule has 1 aliphatic heterocycles. The fourth-order valence-corrected chi connectivity index (χ4v) is 3.29. The van der Waals surface area contributed by atoms with Crippen LogP contribution >= 0.6 is 0 Å². The lowest BCUT2D eigenvalue weighted by atomic mass is 9.92. The number of piperidine rings is 1. The summed E-state index contributed by atoms with van der Waals surface area (Å²) in [6, 6.07) is 6.16. The molecule has 0 aliphatic carbocycles. The van der Waals surface area contributed by atoms with Gasteiger partial charge in [0.1, 0.15) is 11.5 Å². The number of rotatable bonds is 6. The topological polar surface area (TPSA) is 47.7 Å². The van der Waals surface area contributed by atoms with Gasteiger partial charge in [-0.05, 0) is 43.5 Å². The second kappa shape index (κ2) is 7.66. The summed E-state index contributed by atoms with van der Waals surface area (Å²) in [5, 5.41) is 0. The van der Waals surface area contributed by atoms with E-state index in [4.69, 9.17) is 15.2 Å². The number of hydrogen-bond acceptors (Lipinski definition) is 4. The largest absolute Gasteiger partial charge is 0.497 e. The first-order chi connectivity index (χ1) is 10.2. The Kier molecular flexibility index (Phi) is 5.88. The van der Waals surface area contributed by atoms with Crippen molar-refractivity contribution in [2.75, 3.05) is 33.9 Å². The van der Waals surface area contributed by atoms with Crippen LogP contribution in [0.4, 0.5) is 0 Å². The van der Waals surface area contributed by atoms with Crippen LogP contribution in [0.25, 0.3) is 0 Å². The first-order valence-electron chi connectivity index (χ1n) is 7.89. The summed E-state index contributed by atoms with van der Waals surface area (Å²) in [5.74, 6) is 2.53. The van der Waals surface area contributed by atoms with Crippen molar-refractivity contribution in [2.45, 2.75) is 32.2 Å². The molecular formula is C17H28N2O2. The highest BCUT2D eigenvalue weighted by Crippen LogP contribution is 2.34. The van der Waals surface area contributed by atoms with Crippen LogP contribution in [0.3, 0.4) is 0 Å². The molecule has 2 N–H and O–H groups in total. The Morgan fingerprint density at radius 2 is 2.14 bits per heavy atom. The lowest BCUT2D eigenvalue weighted by Crippen LogP contribution is -2.41. The molecule has 0 radical (unpaired) electrons. The van der Waals surface area contributed by atoms with Gasteiger partial charge >= 0.3 is 0 Å². The second-order valence-electron chi connectivity index (χ2n) is 5.77. The van der Waals surface area contributed by atoms with Crippen LogP contribution in [0.5, 0.6) is 11.5 Å². The monoisotopic (exact) mass is 292 g/mol. The molecule has 118 valence electrons. The Morgan fingerprint density at radius 1 is 1.33 bits per heavy atom. The van der Waals surface area contributed by atoms with E-state index in [1.165, 1.54) is 19.3 Å². The van der Waals surface area contributed by atoms with Gasteiger partial charge in [-0.2, -0.15) is 0 Å². The summed E-state index contributed by atoms with van der Waals surface area (Å²) in [5.41, 5.74) is 7.23. The van der Waals surface area contributed by atoms with Crippen LogP contribution in [-0.2, 0) is 0 Å². The van der Waals surface area contributed by atoms with Crippen molar-refractivity contribution in [1.82, 2.24) is 4.90 Å². The third-order valence-electron chi connectivity index (χ3n) is 4.59. The van der Waals surface area contributed by atoms with Gasteiger partial charge in [-0.3, -0.25) is 4.90 Å². The van der Waals surface area contributed by atoms with E-state index < -0.39 is 0 Å². The van der Waals surface area contributed by atoms with E-state index in [2.05, 4.69) is 17.9 Å². The summed E-state index contributed by atoms with van der Waals surface area (Å²) in [6.45, 7) is 5.11. The molecule has 4 nitrogen and oxygen atoms in total. The van der Waals surface area contributed by atoms with Crippen LogP contribution in [0.1, 0.15) is 37.8 Å². The van der Waals surface area contributed by atoms with Crippen LogP contribution in [0.15, 0.2) is 18.2 Å². The van der Waals surface area contributed by atoms with E-state index in [0.29, 0.717) is 6.54 Å². The van der Waals surface area contributed by atoms with Gasteiger partial charge in [0, 0.05) is 18.7 Å². The zero-order valence-corrected chi connectivity index (χ0v) is 13.5. The third kappa shape index (κ3) is 3.69. The third-order valence-corrected chi connectivity index (χ3v) is 4.59. The fourth-order valence-electron chi connectivity index (χ4n) is 3.29. The second-order valence-corrected chi connectivity index (χ2v) is 5.77. The maximum Gasteiger partial charge on any atom is 0.123 e. The molecular weight excluding hydrogens is 264 g/mol. The molecule has 21 heavy (non-hydrogen) atoms. The maximum absolute atomic E-state index is 6.10. The molecule has 2 atom stereocenters. The van der Waals surface area contributed by atoms with E-state index in [0.717, 1.165) is 36.1 Å². The molecule has 1 heterocycles. The molecule has 1 aliphatic rings. The minimum atomic E-state index is 0.199. The van der Waals surface area contributed by atoms with E-state index in [1.807, 2.05) is 12.1 Å². The first-order valence-corrected chi connectivity index (χ1v) is 7.89. The van der Waals surface area contributed by atoms with Crippen molar-refractivity contribution in [2.24, 2.45) is 11.7 Å². The number of ether oxygens (including phenoxy) is 2. The van der Waals surface area contributed by atoms with Crippen LogP contribution < -0.4 is 15.2 Å². The number of likely N-dealkylation sites (tertiary alicyclic amines) is 1. The van der Waals surface area contributed by atoms with Crippen molar-refractivity contribution in [1.29, 1.82) is 0 Å². The van der Waals surface area contributed by atoms with Crippen molar-refractivity contribution >= 4 is 0 Å². The molecule has 1 saturated heterocycles. The van der Waals surface area contributed by atoms with Gasteiger partial charge in [0.25, 0.3) is 0 Å². The molecule has 1 fully saturated rings. The molecule has 2 rings (SSSR count). The highest BCUT2D eigenvalue weighted by Gasteiger charge is 2.27. The highest BCUT2D eigenvalue weighted by molar-refractivity contribution is 5.42. The van der Waals surface area contributed by atoms with Crippen molar-refractivity contribution in [3.8, 4) is 11.5 Å². The summed E-state index contributed by atoms with van der Waals surface area (Å²) in [6.07, 6.45) is 3.82. The van der Waals surface area contributed by atoms with Crippen LogP contribution in [0, 0.1) is 5.92 Å². The van der Waals surface area contributed by atoms with Crippen molar-refractivity contribution in [3.05, 3.63) is 23.8 Å². The maximum atomic E-state index is 6.10. The average Bonchev–Trinajstić information content (AvgIpc) is 2.55. The van der Waals surface area contributed by atoms with E-state index >= 15 is 0 Å².